The number of carbonyl (C=O) groups excluding carboxylic acids is 2. The molecule has 0 spiro atoms. The van der Waals surface area contributed by atoms with Crippen molar-refractivity contribution in [3.8, 4) is 0 Å². The fraction of sp³-hybridized carbons (Fsp3) is 0.182. The molecule has 2 N–H and O–H groups in total. The minimum atomic E-state index is -0.363. The third-order valence-electron chi connectivity index (χ3n) is 4.05. The highest BCUT2D eigenvalue weighted by Crippen LogP contribution is 2.17. The first-order valence-corrected chi connectivity index (χ1v) is 9.22. The lowest BCUT2D eigenvalue weighted by atomic mass is 10.1. The van der Waals surface area contributed by atoms with Crippen molar-refractivity contribution in [1.82, 2.24) is 10.2 Å². The van der Waals surface area contributed by atoms with Crippen LogP contribution in [-0.2, 0) is 4.74 Å². The second-order valence-corrected chi connectivity index (χ2v) is 6.56. The van der Waals surface area contributed by atoms with Gasteiger partial charge in [-0.3, -0.25) is 4.79 Å². The number of benzene rings is 2. The highest BCUT2D eigenvalue weighted by atomic mass is 16.5. The van der Waals surface area contributed by atoms with Gasteiger partial charge < -0.3 is 15.4 Å². The molecule has 7 nitrogen and oxygen atoms in total. The Hall–Kier alpha value is -3.74. The minimum absolute atomic E-state index is 0.215. The Kier molecular flexibility index (Phi) is 6.19. The van der Waals surface area contributed by atoms with Gasteiger partial charge >= 0.3 is 5.97 Å². The largest absolute Gasteiger partial charge is 0.462 e. The van der Waals surface area contributed by atoms with Crippen molar-refractivity contribution in [1.29, 1.82) is 0 Å². The Morgan fingerprint density at radius 1 is 0.897 bits per heavy atom. The summed E-state index contributed by atoms with van der Waals surface area (Å²) in [5.41, 5.74) is 4.28. The monoisotopic (exact) mass is 390 g/mol. The third kappa shape index (κ3) is 5.38. The van der Waals surface area contributed by atoms with Gasteiger partial charge in [-0.15, -0.1) is 10.2 Å². The van der Waals surface area contributed by atoms with Crippen molar-refractivity contribution in [3.05, 3.63) is 77.0 Å². The van der Waals surface area contributed by atoms with E-state index in [-0.39, 0.29) is 17.6 Å². The number of carbonyl (C=O) groups is 2. The number of hydrogen-bond donors (Lipinski definition) is 2. The number of aryl methyl sites for hydroxylation is 2. The molecule has 148 valence electrons. The van der Waals surface area contributed by atoms with Gasteiger partial charge in [0.05, 0.1) is 12.2 Å². The zero-order valence-corrected chi connectivity index (χ0v) is 16.5. The molecule has 1 heterocycles. The molecule has 3 aromatic rings. The van der Waals surface area contributed by atoms with Crippen LogP contribution in [0.25, 0.3) is 0 Å². The average molecular weight is 390 g/mol. The van der Waals surface area contributed by atoms with E-state index >= 15 is 0 Å². The Morgan fingerprint density at radius 3 is 2.17 bits per heavy atom. The van der Waals surface area contributed by atoms with E-state index in [0.29, 0.717) is 18.0 Å². The summed E-state index contributed by atoms with van der Waals surface area (Å²) in [7, 11) is 0. The smallest absolute Gasteiger partial charge is 0.338 e. The maximum Gasteiger partial charge on any atom is 0.338 e. The molecule has 1 aromatic heterocycles. The summed E-state index contributed by atoms with van der Waals surface area (Å²) in [5.74, 6) is -0.206. The molecular formula is C22H22N4O3. The first-order valence-electron chi connectivity index (χ1n) is 9.22. The van der Waals surface area contributed by atoms with Gasteiger partial charge in [0, 0.05) is 11.4 Å². The van der Waals surface area contributed by atoms with Gasteiger partial charge in [-0.05, 0) is 80.4 Å². The highest BCUT2D eigenvalue weighted by molar-refractivity contribution is 6.02. The Bertz CT molecular complexity index is 995. The number of ether oxygens (including phenoxy) is 1. The Morgan fingerprint density at radius 2 is 1.59 bits per heavy atom. The Balaban J connectivity index is 1.63. The van der Waals surface area contributed by atoms with Crippen molar-refractivity contribution < 1.29 is 14.3 Å². The minimum Gasteiger partial charge on any atom is -0.462 e. The first-order chi connectivity index (χ1) is 13.9. The van der Waals surface area contributed by atoms with Crippen LogP contribution in [0.1, 0.15) is 38.9 Å². The summed E-state index contributed by atoms with van der Waals surface area (Å²) in [6, 6.07) is 15.9. The molecule has 0 saturated carbocycles. The molecule has 0 radical (unpaired) electrons. The number of amides is 1. The number of anilines is 3. The quantitative estimate of drug-likeness (QED) is 0.611. The predicted molar refractivity (Wildman–Crippen MR) is 112 cm³/mol. The van der Waals surface area contributed by atoms with E-state index in [0.717, 1.165) is 22.5 Å². The second kappa shape index (κ2) is 8.97. The molecule has 3 rings (SSSR count). The lowest BCUT2D eigenvalue weighted by Gasteiger charge is -2.08. The van der Waals surface area contributed by atoms with Crippen LogP contribution in [0.2, 0.25) is 0 Å². The average Bonchev–Trinajstić information content (AvgIpc) is 2.68. The Labute approximate surface area is 169 Å². The van der Waals surface area contributed by atoms with Crippen LogP contribution >= 0.6 is 0 Å². The molecule has 2 aromatic carbocycles. The number of hydrogen-bond acceptors (Lipinski definition) is 6. The lowest BCUT2D eigenvalue weighted by Crippen LogP contribution is -2.14. The fourth-order valence-electron chi connectivity index (χ4n) is 2.81. The topological polar surface area (TPSA) is 93.2 Å². The van der Waals surface area contributed by atoms with E-state index in [9.17, 15) is 9.59 Å². The molecule has 1 amide bonds. The molecule has 0 aliphatic heterocycles. The van der Waals surface area contributed by atoms with Crippen LogP contribution in [0.15, 0.2) is 54.6 Å². The third-order valence-corrected chi connectivity index (χ3v) is 4.05. The van der Waals surface area contributed by atoms with Crippen molar-refractivity contribution in [2.45, 2.75) is 20.8 Å². The zero-order valence-electron chi connectivity index (χ0n) is 16.5. The van der Waals surface area contributed by atoms with E-state index in [4.69, 9.17) is 4.74 Å². The van der Waals surface area contributed by atoms with Crippen molar-refractivity contribution in [2.24, 2.45) is 0 Å². The van der Waals surface area contributed by atoms with Gasteiger partial charge in [-0.1, -0.05) is 6.07 Å². The summed E-state index contributed by atoms with van der Waals surface area (Å²) >= 11 is 0. The first kappa shape index (κ1) is 20.0. The van der Waals surface area contributed by atoms with Crippen LogP contribution in [0.5, 0.6) is 0 Å². The van der Waals surface area contributed by atoms with Gasteiger partial charge in [-0.25, -0.2) is 4.79 Å². The molecule has 29 heavy (non-hydrogen) atoms. The molecule has 0 aliphatic rings. The van der Waals surface area contributed by atoms with E-state index < -0.39 is 0 Å². The molecular weight excluding hydrogens is 368 g/mol. The van der Waals surface area contributed by atoms with Crippen molar-refractivity contribution in [2.75, 3.05) is 17.2 Å². The van der Waals surface area contributed by atoms with Gasteiger partial charge in [0.1, 0.15) is 0 Å². The van der Waals surface area contributed by atoms with Gasteiger partial charge in [0.15, 0.2) is 11.5 Å². The summed E-state index contributed by atoms with van der Waals surface area (Å²) in [4.78, 5) is 24.1. The molecule has 0 fully saturated rings. The summed E-state index contributed by atoms with van der Waals surface area (Å²) in [5, 5.41) is 13.9. The summed E-state index contributed by atoms with van der Waals surface area (Å²) < 4.78 is 4.96. The van der Waals surface area contributed by atoms with Crippen molar-refractivity contribution in [3.63, 3.8) is 0 Å². The standard InChI is InChI=1S/C22H22N4O3/c1-4-29-22(28)16-5-7-17(8-6-16)23-20-10-9-19(25-26-20)21(27)24-18-12-14(2)11-15(3)13-18/h5-13H,4H2,1-3H3,(H,23,26)(H,24,27). The van der Waals surface area contributed by atoms with Crippen LogP contribution in [-0.4, -0.2) is 28.7 Å². The van der Waals surface area contributed by atoms with Crippen molar-refractivity contribution >= 4 is 29.1 Å². The molecule has 0 bridgehead atoms. The second-order valence-electron chi connectivity index (χ2n) is 6.56. The molecule has 0 atom stereocenters. The predicted octanol–water partition coefficient (Wildman–Crippen LogP) is 4.27. The van der Waals surface area contributed by atoms with Crippen LogP contribution in [0.4, 0.5) is 17.2 Å². The molecule has 7 heteroatoms. The maximum absolute atomic E-state index is 12.4. The summed E-state index contributed by atoms with van der Waals surface area (Å²) in [6.45, 7) is 6.04. The number of aromatic nitrogens is 2. The van der Waals surface area contributed by atoms with Gasteiger partial charge in [0.25, 0.3) is 5.91 Å². The molecule has 0 unspecified atom stereocenters. The van der Waals surface area contributed by atoms with E-state index in [1.807, 2.05) is 32.0 Å². The normalized spacial score (nSPS) is 10.3. The number of nitrogens with one attached hydrogen (secondary N) is 2. The number of esters is 1. The highest BCUT2D eigenvalue weighted by Gasteiger charge is 2.10. The summed E-state index contributed by atoms with van der Waals surface area (Å²) in [6.07, 6.45) is 0. The number of rotatable bonds is 6. The lowest BCUT2D eigenvalue weighted by molar-refractivity contribution is 0.0526. The maximum atomic E-state index is 12.4. The van der Waals surface area contributed by atoms with E-state index in [1.54, 1.807) is 43.3 Å². The fourth-order valence-corrected chi connectivity index (χ4v) is 2.81. The SMILES string of the molecule is CCOC(=O)c1ccc(Nc2ccc(C(=O)Nc3cc(C)cc(C)c3)nn2)cc1. The molecule has 0 aliphatic carbocycles. The zero-order chi connectivity index (χ0) is 20.8. The van der Waals surface area contributed by atoms with E-state index in [2.05, 4.69) is 20.8 Å². The van der Waals surface area contributed by atoms with E-state index in [1.165, 1.54) is 0 Å². The van der Waals surface area contributed by atoms with Crippen LogP contribution in [0, 0.1) is 13.8 Å². The van der Waals surface area contributed by atoms with Gasteiger partial charge in [-0.2, -0.15) is 0 Å². The molecule has 0 saturated heterocycles. The van der Waals surface area contributed by atoms with Crippen LogP contribution < -0.4 is 10.6 Å². The number of nitrogens with zero attached hydrogens (tertiary/aromatic N) is 2. The van der Waals surface area contributed by atoms with Gasteiger partial charge in [0.2, 0.25) is 0 Å². The van der Waals surface area contributed by atoms with Crippen LogP contribution in [0.3, 0.4) is 0 Å².